The number of pyridine rings is 3. The van der Waals surface area contributed by atoms with Crippen molar-refractivity contribution >= 4 is 46.0 Å². The molecule has 1 aliphatic rings. The highest BCUT2D eigenvalue weighted by atomic mass is 35.5. The second-order valence-corrected chi connectivity index (χ2v) is 11.8. The van der Waals surface area contributed by atoms with Gasteiger partial charge in [0.1, 0.15) is 5.82 Å². The summed E-state index contributed by atoms with van der Waals surface area (Å²) < 4.78 is 0. The third kappa shape index (κ3) is 6.87. The predicted molar refractivity (Wildman–Crippen MR) is 158 cm³/mol. The van der Waals surface area contributed by atoms with Crippen molar-refractivity contribution < 1.29 is 9.90 Å². The summed E-state index contributed by atoms with van der Waals surface area (Å²) in [6, 6.07) is 17.2. The summed E-state index contributed by atoms with van der Waals surface area (Å²) in [5.74, 6) is 2.58. The summed E-state index contributed by atoms with van der Waals surface area (Å²) in [7, 11) is 0. The van der Waals surface area contributed by atoms with Crippen LogP contribution in [0.3, 0.4) is 0 Å². The van der Waals surface area contributed by atoms with Crippen LogP contribution >= 0.6 is 23.4 Å². The molecule has 0 bridgehead atoms. The van der Waals surface area contributed by atoms with Gasteiger partial charge < -0.3 is 15.3 Å². The number of aliphatic hydroxyl groups is 1. The number of benzene rings is 1. The summed E-state index contributed by atoms with van der Waals surface area (Å²) in [5, 5.41) is 13.4. The van der Waals surface area contributed by atoms with E-state index in [1.54, 1.807) is 24.4 Å². The minimum atomic E-state index is -0.241. The number of hydrogen-bond donors (Lipinski definition) is 2. The first kappa shape index (κ1) is 27.4. The van der Waals surface area contributed by atoms with Gasteiger partial charge in [-0.05, 0) is 66.8 Å². The maximum Gasteiger partial charge on any atom is 0.251 e. The molecule has 2 atom stereocenters. The maximum atomic E-state index is 12.8. The number of nitrogens with zero attached hydrogens (tertiary/aromatic N) is 4. The number of fused-ring (bicyclic) bond motifs is 1. The zero-order valence-electron chi connectivity index (χ0n) is 22.1. The molecule has 0 radical (unpaired) electrons. The van der Waals surface area contributed by atoms with Crippen LogP contribution in [-0.2, 0) is 6.54 Å². The zero-order valence-corrected chi connectivity index (χ0v) is 23.7. The molecule has 0 saturated carbocycles. The standard InChI is InChI=1S/C30H32ClN5O2S/c1-19-10-20(2)18-36(17-19)29-5-3-4-26(35-29)27-7-6-21-15-32-24(14-28(21)34-27)16-33-30(38)22-11-23(31)13-25(12-22)39-9-8-37/h3-7,11-15,19-20,37H,8-10,16-18H2,1-2H3,(H,33,38). The number of thioether (sulfide) groups is 1. The average Bonchev–Trinajstić information content (AvgIpc) is 2.93. The second-order valence-electron chi connectivity index (χ2n) is 10.2. The summed E-state index contributed by atoms with van der Waals surface area (Å²) >= 11 is 7.65. The van der Waals surface area contributed by atoms with Crippen molar-refractivity contribution in [1.29, 1.82) is 0 Å². The second kappa shape index (κ2) is 12.3. The van der Waals surface area contributed by atoms with Crippen molar-refractivity contribution in [3.63, 3.8) is 0 Å². The Morgan fingerprint density at radius 1 is 1.08 bits per heavy atom. The van der Waals surface area contributed by atoms with Gasteiger partial charge in [0, 0.05) is 45.9 Å². The van der Waals surface area contributed by atoms with Gasteiger partial charge in [-0.1, -0.05) is 31.5 Å². The quantitative estimate of drug-likeness (QED) is 0.261. The molecule has 1 amide bonds. The van der Waals surface area contributed by atoms with Crippen LogP contribution in [0.2, 0.25) is 5.02 Å². The van der Waals surface area contributed by atoms with Crippen LogP contribution in [0.1, 0.15) is 36.3 Å². The maximum absolute atomic E-state index is 12.8. The van der Waals surface area contributed by atoms with Gasteiger partial charge in [0.15, 0.2) is 0 Å². The Kier molecular flexibility index (Phi) is 8.65. The molecule has 4 aromatic rings. The largest absolute Gasteiger partial charge is 0.396 e. The van der Waals surface area contributed by atoms with Crippen LogP contribution in [0.5, 0.6) is 0 Å². The minimum Gasteiger partial charge on any atom is -0.396 e. The first-order valence-electron chi connectivity index (χ1n) is 13.2. The Morgan fingerprint density at radius 2 is 1.87 bits per heavy atom. The molecule has 4 heterocycles. The highest BCUT2D eigenvalue weighted by Gasteiger charge is 2.23. The van der Waals surface area contributed by atoms with Crippen molar-refractivity contribution in [1.82, 2.24) is 20.3 Å². The Bertz CT molecular complexity index is 1470. The van der Waals surface area contributed by atoms with Gasteiger partial charge in [-0.3, -0.25) is 9.78 Å². The molecule has 202 valence electrons. The van der Waals surface area contributed by atoms with Gasteiger partial charge in [0.05, 0.1) is 35.8 Å². The molecule has 39 heavy (non-hydrogen) atoms. The van der Waals surface area contributed by atoms with E-state index in [0.717, 1.165) is 46.1 Å². The molecule has 2 N–H and O–H groups in total. The van der Waals surface area contributed by atoms with Crippen LogP contribution in [0.15, 0.2) is 65.7 Å². The molecule has 0 spiro atoms. The van der Waals surface area contributed by atoms with Crippen molar-refractivity contribution in [2.45, 2.75) is 31.7 Å². The lowest BCUT2D eigenvalue weighted by molar-refractivity contribution is 0.0950. The van der Waals surface area contributed by atoms with Gasteiger partial charge in [-0.15, -0.1) is 11.8 Å². The van der Waals surface area contributed by atoms with Crippen LogP contribution in [0.25, 0.3) is 22.3 Å². The fraction of sp³-hybridized carbons (Fsp3) is 0.333. The van der Waals surface area contributed by atoms with Crippen molar-refractivity contribution in [3.05, 3.63) is 77.1 Å². The topological polar surface area (TPSA) is 91.2 Å². The SMILES string of the molecule is CC1CC(C)CN(c2cccc(-c3ccc4cnc(CNC(=O)c5cc(Cl)cc(SCCO)c5)cc4n3)n2)C1. The number of carbonyl (C=O) groups excluding carboxylic acids is 1. The average molecular weight is 562 g/mol. The molecule has 1 saturated heterocycles. The number of aromatic nitrogens is 3. The number of carbonyl (C=O) groups is 1. The number of aliphatic hydroxyl groups excluding tert-OH is 1. The number of piperidine rings is 1. The molecule has 0 aliphatic carbocycles. The molecular formula is C30H32ClN5O2S. The fourth-order valence-electron chi connectivity index (χ4n) is 5.10. The van der Waals surface area contributed by atoms with E-state index in [4.69, 9.17) is 26.7 Å². The van der Waals surface area contributed by atoms with Crippen molar-refractivity contribution in [3.8, 4) is 11.4 Å². The lowest BCUT2D eigenvalue weighted by Crippen LogP contribution is -2.39. The normalized spacial score (nSPS) is 17.4. The number of nitrogens with one attached hydrogen (secondary N) is 1. The van der Waals surface area contributed by atoms with E-state index in [2.05, 4.69) is 35.1 Å². The van der Waals surface area contributed by atoms with Crippen LogP contribution in [0.4, 0.5) is 5.82 Å². The first-order chi connectivity index (χ1) is 18.9. The lowest BCUT2D eigenvalue weighted by Gasteiger charge is -2.35. The van der Waals surface area contributed by atoms with Gasteiger partial charge >= 0.3 is 0 Å². The molecule has 1 aliphatic heterocycles. The van der Waals surface area contributed by atoms with E-state index >= 15 is 0 Å². The molecule has 2 unspecified atom stereocenters. The van der Waals surface area contributed by atoms with E-state index in [-0.39, 0.29) is 19.1 Å². The lowest BCUT2D eigenvalue weighted by atomic mass is 9.92. The third-order valence-electron chi connectivity index (χ3n) is 6.74. The first-order valence-corrected chi connectivity index (χ1v) is 14.5. The summed E-state index contributed by atoms with van der Waals surface area (Å²) in [4.78, 5) is 30.4. The molecule has 5 rings (SSSR count). The number of anilines is 1. The Labute approximate surface area is 238 Å². The Morgan fingerprint density at radius 3 is 2.67 bits per heavy atom. The number of rotatable bonds is 8. The summed E-state index contributed by atoms with van der Waals surface area (Å²) in [5.41, 5.74) is 3.60. The molecule has 3 aromatic heterocycles. The van der Waals surface area contributed by atoms with Gasteiger partial charge in [-0.2, -0.15) is 0 Å². The van der Waals surface area contributed by atoms with E-state index in [1.807, 2.05) is 30.3 Å². The van der Waals surface area contributed by atoms with Crippen LogP contribution < -0.4 is 10.2 Å². The van der Waals surface area contributed by atoms with E-state index in [9.17, 15) is 4.79 Å². The minimum absolute atomic E-state index is 0.0561. The zero-order chi connectivity index (χ0) is 27.4. The van der Waals surface area contributed by atoms with Gasteiger partial charge in [0.2, 0.25) is 0 Å². The summed E-state index contributed by atoms with van der Waals surface area (Å²) in [6.45, 7) is 6.95. The van der Waals surface area contributed by atoms with E-state index in [1.165, 1.54) is 18.2 Å². The molecule has 9 heteroatoms. The van der Waals surface area contributed by atoms with Gasteiger partial charge in [-0.25, -0.2) is 9.97 Å². The van der Waals surface area contributed by atoms with Crippen LogP contribution in [-0.4, -0.2) is 51.4 Å². The van der Waals surface area contributed by atoms with Gasteiger partial charge in [0.25, 0.3) is 5.91 Å². The summed E-state index contributed by atoms with van der Waals surface area (Å²) in [6.07, 6.45) is 3.03. The Hall–Kier alpha value is -3.20. The van der Waals surface area contributed by atoms with Crippen molar-refractivity contribution in [2.24, 2.45) is 11.8 Å². The smallest absolute Gasteiger partial charge is 0.251 e. The molecular weight excluding hydrogens is 530 g/mol. The third-order valence-corrected chi connectivity index (χ3v) is 7.92. The van der Waals surface area contributed by atoms with E-state index < -0.39 is 0 Å². The monoisotopic (exact) mass is 561 g/mol. The van der Waals surface area contributed by atoms with E-state index in [0.29, 0.717) is 33.9 Å². The number of halogens is 1. The Balaban J connectivity index is 1.31. The van der Waals surface area contributed by atoms with Crippen molar-refractivity contribution in [2.75, 3.05) is 30.3 Å². The number of amides is 1. The number of hydrogen-bond acceptors (Lipinski definition) is 7. The molecule has 1 fully saturated rings. The fourth-order valence-corrected chi connectivity index (χ4v) is 6.15. The molecule has 1 aromatic carbocycles. The highest BCUT2D eigenvalue weighted by Crippen LogP contribution is 2.28. The molecule has 7 nitrogen and oxygen atoms in total. The predicted octanol–water partition coefficient (Wildman–Crippen LogP) is 5.84. The highest BCUT2D eigenvalue weighted by molar-refractivity contribution is 7.99. The van der Waals surface area contributed by atoms with Crippen LogP contribution in [0, 0.1) is 11.8 Å².